The number of hydrogen-bond acceptors (Lipinski definition) is 10. The first-order chi connectivity index (χ1) is 31.7. The Hall–Kier alpha value is -2.38. The van der Waals surface area contributed by atoms with Crippen LogP contribution in [0.1, 0.15) is 219 Å². The molecule has 6 N–H and O–H groups in total. The Morgan fingerprint density at radius 2 is 1.00 bits per heavy atom. The zero-order valence-electron chi connectivity index (χ0n) is 41.2. The average Bonchev–Trinajstić information content (AvgIpc) is 3.30. The SMILES string of the molecule is CCCC/C=C\CCCCCCCC(=O)OCCCCCCCCCCCCCCCCC(=O)NC(COC1OC(CO)C(O)C(O)C1O)C(O)/C=C/CC/C=C/CC/C=C/CCCC. The molecule has 1 heterocycles. The van der Waals surface area contributed by atoms with Gasteiger partial charge in [-0.05, 0) is 70.6 Å². The highest BCUT2D eigenvalue weighted by Crippen LogP contribution is 2.23. The highest BCUT2D eigenvalue weighted by atomic mass is 16.7. The fourth-order valence-electron chi connectivity index (χ4n) is 7.84. The average molecular weight is 920 g/mol. The lowest BCUT2D eigenvalue weighted by Gasteiger charge is -2.40. The molecule has 11 nitrogen and oxygen atoms in total. The van der Waals surface area contributed by atoms with Crippen molar-refractivity contribution in [3.8, 4) is 0 Å². The fraction of sp³-hybridized carbons (Fsp3) is 0.815. The molecule has 1 saturated heterocycles. The molecule has 0 bridgehead atoms. The van der Waals surface area contributed by atoms with E-state index in [1.807, 2.05) is 6.08 Å². The molecule has 1 amide bonds. The van der Waals surface area contributed by atoms with Crippen LogP contribution in [0.5, 0.6) is 0 Å². The molecule has 0 aliphatic carbocycles. The van der Waals surface area contributed by atoms with Crippen molar-refractivity contribution < 1.29 is 49.3 Å². The summed E-state index contributed by atoms with van der Waals surface area (Å²) in [6.07, 6.45) is 43.3. The minimum Gasteiger partial charge on any atom is -0.466 e. The third-order valence-electron chi connectivity index (χ3n) is 12.1. The smallest absolute Gasteiger partial charge is 0.305 e. The molecule has 1 fully saturated rings. The molecule has 0 radical (unpaired) electrons. The molecule has 1 aliphatic heterocycles. The predicted octanol–water partition coefficient (Wildman–Crippen LogP) is 10.9. The van der Waals surface area contributed by atoms with Crippen molar-refractivity contribution in [1.82, 2.24) is 5.32 Å². The molecule has 0 spiro atoms. The summed E-state index contributed by atoms with van der Waals surface area (Å²) < 4.78 is 16.6. The second kappa shape index (κ2) is 44.1. The maximum Gasteiger partial charge on any atom is 0.305 e. The number of allylic oxidation sites excluding steroid dienone is 7. The molecule has 0 aromatic rings. The van der Waals surface area contributed by atoms with Gasteiger partial charge in [-0.2, -0.15) is 0 Å². The van der Waals surface area contributed by atoms with E-state index in [1.165, 1.54) is 109 Å². The van der Waals surface area contributed by atoms with Crippen molar-refractivity contribution in [3.05, 3.63) is 48.6 Å². The van der Waals surface area contributed by atoms with Crippen LogP contribution in [0.15, 0.2) is 48.6 Å². The van der Waals surface area contributed by atoms with Gasteiger partial charge in [0.1, 0.15) is 24.4 Å². The lowest BCUT2D eigenvalue weighted by molar-refractivity contribution is -0.302. The van der Waals surface area contributed by atoms with Gasteiger partial charge >= 0.3 is 5.97 Å². The molecule has 11 heteroatoms. The topological polar surface area (TPSA) is 175 Å². The number of rotatable bonds is 44. The van der Waals surface area contributed by atoms with Gasteiger partial charge in [0, 0.05) is 12.8 Å². The molecule has 1 aliphatic rings. The van der Waals surface area contributed by atoms with Crippen molar-refractivity contribution in [3.63, 3.8) is 0 Å². The molecule has 0 aromatic carbocycles. The molecular formula is C54H97NO10. The number of ether oxygens (including phenoxy) is 3. The number of amides is 1. The van der Waals surface area contributed by atoms with Gasteiger partial charge in [-0.15, -0.1) is 0 Å². The van der Waals surface area contributed by atoms with E-state index in [0.717, 1.165) is 83.5 Å². The van der Waals surface area contributed by atoms with Crippen LogP contribution in [0.4, 0.5) is 0 Å². The molecule has 1 rings (SSSR count). The zero-order valence-corrected chi connectivity index (χ0v) is 41.2. The Labute approximate surface area is 396 Å². The van der Waals surface area contributed by atoms with Crippen LogP contribution >= 0.6 is 0 Å². The van der Waals surface area contributed by atoms with Crippen LogP contribution < -0.4 is 5.32 Å². The van der Waals surface area contributed by atoms with E-state index >= 15 is 0 Å². The highest BCUT2D eigenvalue weighted by Gasteiger charge is 2.44. The number of aliphatic hydroxyl groups excluding tert-OH is 5. The van der Waals surface area contributed by atoms with Crippen LogP contribution in [0.2, 0.25) is 0 Å². The van der Waals surface area contributed by atoms with E-state index in [9.17, 15) is 35.1 Å². The third kappa shape index (κ3) is 34.6. The van der Waals surface area contributed by atoms with E-state index in [4.69, 9.17) is 14.2 Å². The first-order valence-electron chi connectivity index (χ1n) is 26.4. The summed E-state index contributed by atoms with van der Waals surface area (Å²) >= 11 is 0. The number of carbonyl (C=O) groups is 2. The van der Waals surface area contributed by atoms with E-state index in [-0.39, 0.29) is 18.5 Å². The molecule has 0 saturated carbocycles. The summed E-state index contributed by atoms with van der Waals surface area (Å²) in [5, 5.41) is 54.2. The lowest BCUT2D eigenvalue weighted by atomic mass is 9.99. The summed E-state index contributed by atoms with van der Waals surface area (Å²) in [5.41, 5.74) is 0. The number of nitrogens with one attached hydrogen (secondary N) is 1. The van der Waals surface area contributed by atoms with E-state index < -0.39 is 49.5 Å². The van der Waals surface area contributed by atoms with Crippen LogP contribution in [-0.4, -0.2) is 100 Å². The standard InChI is InChI=1S/C54H97NO10/c1-3-5-7-9-11-13-15-21-24-28-32-36-40-47(57)46(45-64-54-53(62)52(61)51(60)48(44-56)65-54)55-49(58)41-37-33-29-25-22-18-16-17-19-23-27-31-35-39-43-63-50(59)42-38-34-30-26-20-14-12-10-8-6-4-2/h9-12,21,24,36,40,46-48,51-54,56-57,60-62H,3-8,13-20,22-23,25-35,37-39,41-45H2,1-2H3,(H,55,58)/b11-9+,12-10-,24-21+,40-36+. The molecular weight excluding hydrogens is 823 g/mol. The Bertz CT molecular complexity index is 1220. The monoisotopic (exact) mass is 920 g/mol. The first-order valence-corrected chi connectivity index (χ1v) is 26.4. The van der Waals surface area contributed by atoms with E-state index in [0.29, 0.717) is 19.4 Å². The Morgan fingerprint density at radius 3 is 1.52 bits per heavy atom. The largest absolute Gasteiger partial charge is 0.466 e. The normalized spacial score (nSPS) is 20.1. The minimum absolute atomic E-state index is 0.0364. The van der Waals surface area contributed by atoms with Crippen LogP contribution in [0, 0.1) is 0 Å². The van der Waals surface area contributed by atoms with Crippen molar-refractivity contribution in [2.75, 3.05) is 19.8 Å². The van der Waals surface area contributed by atoms with Crippen molar-refractivity contribution in [2.24, 2.45) is 0 Å². The summed E-state index contributed by atoms with van der Waals surface area (Å²) in [6.45, 7) is 4.18. The quantitative estimate of drug-likeness (QED) is 0.0196. The number of aliphatic hydroxyl groups is 5. The van der Waals surface area contributed by atoms with Gasteiger partial charge in [-0.3, -0.25) is 9.59 Å². The number of hydrogen-bond donors (Lipinski definition) is 6. The van der Waals surface area contributed by atoms with Crippen LogP contribution in [0.3, 0.4) is 0 Å². The molecule has 65 heavy (non-hydrogen) atoms. The van der Waals surface area contributed by atoms with Gasteiger partial charge in [0.15, 0.2) is 6.29 Å². The van der Waals surface area contributed by atoms with Gasteiger partial charge < -0.3 is 45.1 Å². The second-order valence-corrected chi connectivity index (χ2v) is 18.2. The zero-order chi connectivity index (χ0) is 47.4. The maximum absolute atomic E-state index is 13.0. The third-order valence-corrected chi connectivity index (χ3v) is 12.1. The van der Waals surface area contributed by atoms with E-state index in [1.54, 1.807) is 6.08 Å². The summed E-state index contributed by atoms with van der Waals surface area (Å²) in [4.78, 5) is 25.0. The van der Waals surface area contributed by atoms with Gasteiger partial charge in [-0.25, -0.2) is 0 Å². The summed E-state index contributed by atoms with van der Waals surface area (Å²) in [6, 6.07) is -0.842. The van der Waals surface area contributed by atoms with Gasteiger partial charge in [0.2, 0.25) is 5.91 Å². The first kappa shape index (κ1) is 60.6. The van der Waals surface area contributed by atoms with Crippen molar-refractivity contribution >= 4 is 11.9 Å². The second-order valence-electron chi connectivity index (χ2n) is 18.2. The highest BCUT2D eigenvalue weighted by molar-refractivity contribution is 5.76. The number of esters is 1. The Balaban J connectivity index is 2.18. The minimum atomic E-state index is -1.58. The predicted molar refractivity (Wildman–Crippen MR) is 264 cm³/mol. The summed E-state index contributed by atoms with van der Waals surface area (Å²) in [5.74, 6) is -0.246. The van der Waals surface area contributed by atoms with Gasteiger partial charge in [0.25, 0.3) is 0 Å². The van der Waals surface area contributed by atoms with Crippen molar-refractivity contribution in [1.29, 1.82) is 0 Å². The molecule has 7 unspecified atom stereocenters. The summed E-state index contributed by atoms with van der Waals surface area (Å²) in [7, 11) is 0. The number of carbonyl (C=O) groups excluding carboxylic acids is 2. The molecule has 0 aromatic heterocycles. The van der Waals surface area contributed by atoms with Crippen LogP contribution in [0.25, 0.3) is 0 Å². The van der Waals surface area contributed by atoms with Gasteiger partial charge in [-0.1, -0.05) is 184 Å². The van der Waals surface area contributed by atoms with Crippen molar-refractivity contribution in [2.45, 2.75) is 262 Å². The Kier molecular flexibility index (Phi) is 41.2. The van der Waals surface area contributed by atoms with Gasteiger partial charge in [0.05, 0.1) is 32.0 Å². The Morgan fingerprint density at radius 1 is 0.554 bits per heavy atom. The van der Waals surface area contributed by atoms with Crippen LogP contribution in [-0.2, 0) is 23.8 Å². The lowest BCUT2D eigenvalue weighted by Crippen LogP contribution is -2.60. The molecule has 7 atom stereocenters. The molecule has 378 valence electrons. The maximum atomic E-state index is 13.0. The fourth-order valence-corrected chi connectivity index (χ4v) is 7.84. The number of unbranched alkanes of at least 4 members (excludes halogenated alkanes) is 24. The van der Waals surface area contributed by atoms with E-state index in [2.05, 4.69) is 55.6 Å².